The highest BCUT2D eigenvalue weighted by atomic mass is 16.7. The number of hydrogen-bond donors (Lipinski definition) is 1. The molecular formula is C34H32N3O4+. The minimum absolute atomic E-state index is 0.194. The van der Waals surface area contributed by atoms with E-state index in [1.807, 2.05) is 6.07 Å². The van der Waals surface area contributed by atoms with Crippen molar-refractivity contribution in [1.82, 2.24) is 4.90 Å². The lowest BCUT2D eigenvalue weighted by molar-refractivity contribution is -0.686. The molecule has 3 aliphatic heterocycles. The summed E-state index contributed by atoms with van der Waals surface area (Å²) in [5.41, 5.74) is 5.99. The predicted octanol–water partition coefficient (Wildman–Crippen LogP) is 5.27. The van der Waals surface area contributed by atoms with E-state index < -0.39 is 0 Å². The van der Waals surface area contributed by atoms with Gasteiger partial charge < -0.3 is 24.2 Å². The van der Waals surface area contributed by atoms with Crippen molar-refractivity contribution in [2.45, 2.75) is 19.5 Å². The molecule has 0 bridgehead atoms. The quantitative estimate of drug-likeness (QED) is 0.310. The summed E-state index contributed by atoms with van der Waals surface area (Å²) in [6.45, 7) is 5.75. The second-order valence-electron chi connectivity index (χ2n) is 11.2. The highest BCUT2D eigenvalue weighted by Crippen LogP contribution is 2.42. The van der Waals surface area contributed by atoms with Gasteiger partial charge in [-0.25, -0.2) is 0 Å². The average Bonchev–Trinajstić information content (AvgIpc) is 3.48. The first kappa shape index (κ1) is 24.3. The third kappa shape index (κ3) is 4.11. The van der Waals surface area contributed by atoms with E-state index in [2.05, 4.69) is 81.2 Å². The van der Waals surface area contributed by atoms with E-state index in [4.69, 9.17) is 14.2 Å². The molecule has 7 nitrogen and oxygen atoms in total. The molecule has 8 rings (SSSR count). The molecule has 206 valence electrons. The molecule has 1 aromatic heterocycles. The number of aryl methyl sites for hydroxylation is 2. The van der Waals surface area contributed by atoms with Crippen LogP contribution in [0.5, 0.6) is 23.0 Å². The highest BCUT2D eigenvalue weighted by molar-refractivity contribution is 5.94. The fourth-order valence-electron chi connectivity index (χ4n) is 6.64. The van der Waals surface area contributed by atoms with Crippen molar-refractivity contribution in [2.24, 2.45) is 0 Å². The molecule has 0 spiro atoms. The number of benzene rings is 4. The molecule has 4 heterocycles. The topological polar surface area (TPSA) is 58.3 Å². The molecule has 0 aliphatic carbocycles. The Morgan fingerprint density at radius 1 is 0.878 bits per heavy atom. The van der Waals surface area contributed by atoms with Gasteiger partial charge in [0.25, 0.3) is 0 Å². The number of phenols is 1. The van der Waals surface area contributed by atoms with Gasteiger partial charge in [-0.15, -0.1) is 0 Å². The first-order chi connectivity index (χ1) is 20.1. The number of methoxy groups -OCH3 is 1. The number of anilines is 1. The Bertz CT molecular complexity index is 1830. The van der Waals surface area contributed by atoms with Crippen molar-refractivity contribution < 1.29 is 23.9 Å². The predicted molar refractivity (Wildman–Crippen MR) is 159 cm³/mol. The van der Waals surface area contributed by atoms with Crippen molar-refractivity contribution in [2.75, 3.05) is 45.0 Å². The summed E-state index contributed by atoms with van der Waals surface area (Å²) in [6, 6.07) is 23.7. The van der Waals surface area contributed by atoms with Crippen LogP contribution in [0.4, 0.5) is 5.69 Å². The lowest BCUT2D eigenvalue weighted by Gasteiger charge is -2.36. The summed E-state index contributed by atoms with van der Waals surface area (Å²) in [4.78, 5) is 4.98. The lowest BCUT2D eigenvalue weighted by atomic mass is 9.94. The van der Waals surface area contributed by atoms with Gasteiger partial charge in [0.05, 0.1) is 18.1 Å². The number of rotatable bonds is 4. The fraction of sp³-hybridized carbons (Fsp3) is 0.265. The van der Waals surface area contributed by atoms with Crippen LogP contribution in [-0.4, -0.2) is 50.1 Å². The summed E-state index contributed by atoms with van der Waals surface area (Å²) < 4.78 is 19.2. The van der Waals surface area contributed by atoms with Crippen molar-refractivity contribution in [3.63, 3.8) is 0 Å². The molecule has 7 heteroatoms. The van der Waals surface area contributed by atoms with Crippen LogP contribution in [0, 0.1) is 0 Å². The zero-order chi connectivity index (χ0) is 27.5. The monoisotopic (exact) mass is 546 g/mol. The molecule has 0 saturated carbocycles. The molecule has 1 fully saturated rings. The Balaban J connectivity index is 1.11. The Kier molecular flexibility index (Phi) is 5.67. The Hall–Kier alpha value is -4.49. The third-order valence-corrected chi connectivity index (χ3v) is 8.89. The van der Waals surface area contributed by atoms with Crippen molar-refractivity contribution in [1.29, 1.82) is 0 Å². The molecule has 5 aromatic rings. The molecule has 41 heavy (non-hydrogen) atoms. The summed E-state index contributed by atoms with van der Waals surface area (Å²) in [5.74, 6) is 2.32. The molecule has 4 aromatic carbocycles. The second kappa shape index (κ2) is 9.56. The number of pyridine rings is 1. The van der Waals surface area contributed by atoms with Gasteiger partial charge in [0.1, 0.15) is 0 Å². The highest BCUT2D eigenvalue weighted by Gasteiger charge is 2.30. The van der Waals surface area contributed by atoms with Gasteiger partial charge in [0, 0.05) is 56.3 Å². The number of aromatic nitrogens is 1. The van der Waals surface area contributed by atoms with E-state index in [0.717, 1.165) is 84.8 Å². The normalized spacial score (nSPS) is 16.2. The first-order valence-electron chi connectivity index (χ1n) is 14.3. The van der Waals surface area contributed by atoms with Crippen molar-refractivity contribution in [3.05, 3.63) is 84.1 Å². The molecule has 1 N–H and O–H groups in total. The van der Waals surface area contributed by atoms with Gasteiger partial charge in [0.15, 0.2) is 35.7 Å². The van der Waals surface area contributed by atoms with Crippen LogP contribution < -0.4 is 23.7 Å². The molecule has 0 radical (unpaired) electrons. The maximum atomic E-state index is 11.1. The Morgan fingerprint density at radius 2 is 1.68 bits per heavy atom. The SMILES string of the molecule is COc1cc(CN2CCN(c3ccc4ccccc4c3)CC2)c2cc3[n+](cc2c1O)CCc1cc2c(cc1-3)OCO2. The third-order valence-electron chi connectivity index (χ3n) is 8.89. The maximum absolute atomic E-state index is 11.1. The minimum Gasteiger partial charge on any atom is -0.504 e. The van der Waals surface area contributed by atoms with Gasteiger partial charge in [0.2, 0.25) is 12.5 Å². The number of aromatic hydroxyl groups is 1. The maximum Gasteiger partial charge on any atom is 0.231 e. The van der Waals surface area contributed by atoms with Crippen LogP contribution in [-0.2, 0) is 19.5 Å². The number of ether oxygens (including phenoxy) is 3. The van der Waals surface area contributed by atoms with Crippen LogP contribution in [0.15, 0.2) is 72.9 Å². The van der Waals surface area contributed by atoms with Gasteiger partial charge in [-0.2, -0.15) is 4.57 Å². The van der Waals surface area contributed by atoms with Crippen molar-refractivity contribution >= 4 is 27.2 Å². The number of phenolic OH excluding ortho intramolecular Hbond substituents is 1. The number of hydrogen-bond acceptors (Lipinski definition) is 6. The molecule has 0 amide bonds. The fourth-order valence-corrected chi connectivity index (χ4v) is 6.64. The summed E-state index contributed by atoms with van der Waals surface area (Å²) in [5, 5.41) is 15.6. The van der Waals surface area contributed by atoms with Crippen LogP contribution in [0.2, 0.25) is 0 Å². The first-order valence-corrected chi connectivity index (χ1v) is 14.3. The molecule has 3 aliphatic rings. The van der Waals surface area contributed by atoms with E-state index in [1.165, 1.54) is 22.0 Å². The Morgan fingerprint density at radius 3 is 2.51 bits per heavy atom. The van der Waals surface area contributed by atoms with E-state index >= 15 is 0 Å². The summed E-state index contributed by atoms with van der Waals surface area (Å²) in [6.07, 6.45) is 2.98. The Labute approximate surface area is 238 Å². The van der Waals surface area contributed by atoms with E-state index in [1.54, 1.807) is 7.11 Å². The molecular weight excluding hydrogens is 514 g/mol. The van der Waals surface area contributed by atoms with Crippen LogP contribution >= 0.6 is 0 Å². The van der Waals surface area contributed by atoms with E-state index in [9.17, 15) is 5.11 Å². The largest absolute Gasteiger partial charge is 0.504 e. The van der Waals surface area contributed by atoms with Gasteiger partial charge in [-0.05, 0) is 52.2 Å². The van der Waals surface area contributed by atoms with Gasteiger partial charge >= 0.3 is 0 Å². The zero-order valence-electron chi connectivity index (χ0n) is 23.1. The number of piperazine rings is 1. The van der Waals surface area contributed by atoms with Gasteiger partial charge in [-0.1, -0.05) is 30.3 Å². The number of nitrogens with zero attached hydrogens (tertiary/aromatic N) is 3. The van der Waals surface area contributed by atoms with Crippen LogP contribution in [0.3, 0.4) is 0 Å². The zero-order valence-corrected chi connectivity index (χ0v) is 23.1. The lowest BCUT2D eigenvalue weighted by Crippen LogP contribution is -2.46. The van der Waals surface area contributed by atoms with Crippen molar-refractivity contribution in [3.8, 4) is 34.3 Å². The molecule has 0 atom stereocenters. The standard InChI is InChI=1S/C34H31N3O4/c1-39-33-16-25(19-35-10-12-36(13-11-35)26-7-6-22-4-2-3-5-23(22)14-26)27-17-30-28-18-32-31(40-21-41-32)15-24(28)8-9-37(30)20-29(27)34(33)38/h2-7,14-18,20H,8-13,19,21H2,1H3/p+1. The van der Waals surface area contributed by atoms with E-state index in [-0.39, 0.29) is 12.5 Å². The summed E-state index contributed by atoms with van der Waals surface area (Å²) >= 11 is 0. The smallest absolute Gasteiger partial charge is 0.231 e. The van der Waals surface area contributed by atoms with E-state index in [0.29, 0.717) is 5.75 Å². The van der Waals surface area contributed by atoms with Gasteiger partial charge in [-0.3, -0.25) is 4.90 Å². The molecule has 0 unspecified atom stereocenters. The molecule has 1 saturated heterocycles. The van der Waals surface area contributed by atoms with Crippen LogP contribution in [0.25, 0.3) is 32.8 Å². The second-order valence-corrected chi connectivity index (χ2v) is 11.2. The minimum atomic E-state index is 0.194. The summed E-state index contributed by atoms with van der Waals surface area (Å²) in [7, 11) is 1.62. The van der Waals surface area contributed by atoms with Crippen LogP contribution in [0.1, 0.15) is 11.1 Å². The average molecular weight is 547 g/mol. The number of fused-ring (bicyclic) bond motifs is 6.